The van der Waals surface area contributed by atoms with Gasteiger partial charge in [0.25, 0.3) is 0 Å². The Bertz CT molecular complexity index is 43.2. The quantitative estimate of drug-likeness (QED) is 0.554. The van der Waals surface area contributed by atoms with Crippen LogP contribution in [0.4, 0.5) is 0 Å². The Balaban J connectivity index is 0. The van der Waals surface area contributed by atoms with Gasteiger partial charge < -0.3 is 0 Å². The molecule has 0 spiro atoms. The highest BCUT2D eigenvalue weighted by molar-refractivity contribution is 6.11. The molecule has 0 heterocycles. The van der Waals surface area contributed by atoms with Crippen LogP contribution in [0.25, 0.3) is 0 Å². The molecule has 0 saturated carbocycles. The van der Waals surface area contributed by atoms with Crippen LogP contribution in [0.5, 0.6) is 0 Å². The van der Waals surface area contributed by atoms with Crippen LogP contribution in [0.2, 0.25) is 11.1 Å². The highest BCUT2D eigenvalue weighted by Crippen LogP contribution is 1.98. The molecule has 10 heavy (non-hydrogen) atoms. The molecule has 64 valence electrons. The normalized spacial score (nSPS) is 15.6. The first-order valence-corrected chi connectivity index (χ1v) is 6.85. The fourth-order valence-electron chi connectivity index (χ4n) is 0. The van der Waals surface area contributed by atoms with E-state index < -0.39 is 0 Å². The summed E-state index contributed by atoms with van der Waals surface area (Å²) in [6.45, 7) is 9.04. The third-order valence-electron chi connectivity index (χ3n) is 1.63. The molecule has 0 aromatic heterocycles. The van der Waals surface area contributed by atoms with E-state index in [1.165, 1.54) is 33.3 Å². The minimum Gasteiger partial charge on any atom is -0.0658 e. The van der Waals surface area contributed by atoms with E-state index in [0.717, 1.165) is 11.1 Å². The summed E-state index contributed by atoms with van der Waals surface area (Å²) in [5.41, 5.74) is 2.05. The van der Waals surface area contributed by atoms with Gasteiger partial charge in [-0.05, 0) is 0 Å². The van der Waals surface area contributed by atoms with Gasteiger partial charge in [-0.15, -0.1) is 0 Å². The minimum absolute atomic E-state index is 1.02. The van der Waals surface area contributed by atoms with Gasteiger partial charge in [-0.2, -0.15) is 0 Å². The van der Waals surface area contributed by atoms with Crippen LogP contribution < -0.4 is 0 Å². The molecule has 0 bridgehead atoms. The summed E-state index contributed by atoms with van der Waals surface area (Å²) in [6, 6.07) is 0. The third-order valence-corrected chi connectivity index (χ3v) is 3.27. The Morgan fingerprint density at radius 3 is 1.00 bits per heavy atom. The fraction of sp³-hybridized carbons (Fsp3) is 1.00. The van der Waals surface area contributed by atoms with E-state index in [-0.39, 0.29) is 0 Å². The molecule has 2 heteroatoms. The van der Waals surface area contributed by atoms with Gasteiger partial charge in [-0.3, -0.25) is 0 Å². The lowest BCUT2D eigenvalue weighted by Gasteiger charge is -1.90. The second-order valence-corrected chi connectivity index (χ2v) is 7.55. The lowest BCUT2D eigenvalue weighted by atomic mass is 10.4. The summed E-state index contributed by atoms with van der Waals surface area (Å²) in [5.74, 6) is 0. The van der Waals surface area contributed by atoms with E-state index in [9.17, 15) is 0 Å². The first-order valence-electron chi connectivity index (χ1n) is 4.54. The van der Waals surface area contributed by atoms with Gasteiger partial charge in [-0.25, -0.2) is 0 Å². The second-order valence-electron chi connectivity index (χ2n) is 3.60. The van der Waals surface area contributed by atoms with Crippen molar-refractivity contribution < 1.29 is 0 Å². The van der Waals surface area contributed by atoms with Crippen molar-refractivity contribution in [3.05, 3.63) is 0 Å². The van der Waals surface area contributed by atoms with Crippen molar-refractivity contribution in [2.24, 2.45) is 0 Å². The smallest absolute Gasteiger partial charge is 0.00636 e. The summed E-state index contributed by atoms with van der Waals surface area (Å²) in [4.78, 5) is 0. The van der Waals surface area contributed by atoms with Crippen LogP contribution in [0, 0.1) is 0 Å². The second kappa shape index (κ2) is 9.43. The van der Waals surface area contributed by atoms with Crippen LogP contribution in [0.3, 0.4) is 0 Å². The van der Waals surface area contributed by atoms with Gasteiger partial charge in [0.2, 0.25) is 0 Å². The molecule has 0 radical (unpaired) electrons. The molecule has 0 nitrogen and oxygen atoms in total. The number of hydrogen-bond acceptors (Lipinski definition) is 0. The molecule has 0 fully saturated rings. The molecular formula is C8H24Si2. The topological polar surface area (TPSA) is 0 Å². The van der Waals surface area contributed by atoms with Gasteiger partial charge >= 0.3 is 0 Å². The lowest BCUT2D eigenvalue weighted by molar-refractivity contribution is 0.880. The average molecular weight is 176 g/mol. The predicted octanol–water partition coefficient (Wildman–Crippen LogP) is 1.14. The Kier molecular flexibility index (Phi) is 12.3. The van der Waals surface area contributed by atoms with E-state index in [1.54, 1.807) is 0 Å². The Labute approximate surface area is 72.6 Å². The van der Waals surface area contributed by atoms with Crippen molar-refractivity contribution in [2.45, 2.75) is 51.6 Å². The van der Waals surface area contributed by atoms with E-state index in [4.69, 9.17) is 0 Å². The first-order chi connectivity index (χ1) is 4.54. The summed E-state index contributed by atoms with van der Waals surface area (Å²) >= 11 is 0. The van der Waals surface area contributed by atoms with Gasteiger partial charge in [0.05, 0.1) is 0 Å². The molecule has 0 amide bonds. The number of hydrogen-bond donors (Lipinski definition) is 0. The fourth-order valence-corrected chi connectivity index (χ4v) is 0. The van der Waals surface area contributed by atoms with Gasteiger partial charge in [0.1, 0.15) is 0 Å². The SMILES string of the molecule is CCC(C)[SiH3].CCC(C)[SiH3]. The molecule has 2 unspecified atom stereocenters. The number of rotatable bonds is 2. The van der Waals surface area contributed by atoms with E-state index >= 15 is 0 Å². The zero-order valence-corrected chi connectivity index (χ0v) is 12.6. The molecule has 0 rings (SSSR count). The molecule has 0 aliphatic carbocycles. The third kappa shape index (κ3) is 23.7. The first kappa shape index (κ1) is 13.1. The van der Waals surface area contributed by atoms with Crippen molar-refractivity contribution in [3.8, 4) is 0 Å². The highest BCUT2D eigenvalue weighted by Gasteiger charge is 1.80. The zero-order chi connectivity index (χ0) is 8.57. The molecule has 0 N–H and O–H groups in total. The summed E-state index contributed by atoms with van der Waals surface area (Å²) in [7, 11) is 2.74. The lowest BCUT2D eigenvalue weighted by Crippen LogP contribution is -1.76. The van der Waals surface area contributed by atoms with Crippen molar-refractivity contribution in [3.63, 3.8) is 0 Å². The average Bonchev–Trinajstić information content (AvgIpc) is 1.89. The van der Waals surface area contributed by atoms with E-state index in [0.29, 0.717) is 0 Å². The molecule has 2 atom stereocenters. The van der Waals surface area contributed by atoms with Crippen LogP contribution in [0.1, 0.15) is 40.5 Å². The van der Waals surface area contributed by atoms with Crippen LogP contribution in [-0.4, -0.2) is 20.5 Å². The maximum atomic E-state index is 2.28. The van der Waals surface area contributed by atoms with Crippen molar-refractivity contribution in [1.29, 1.82) is 0 Å². The largest absolute Gasteiger partial charge is 0.0658 e. The van der Waals surface area contributed by atoms with Gasteiger partial charge in [0.15, 0.2) is 0 Å². The van der Waals surface area contributed by atoms with Crippen LogP contribution >= 0.6 is 0 Å². The zero-order valence-electron chi connectivity index (χ0n) is 8.57. The molecule has 0 aromatic rings. The van der Waals surface area contributed by atoms with Crippen molar-refractivity contribution >= 4 is 20.5 Å². The van der Waals surface area contributed by atoms with Crippen molar-refractivity contribution in [1.82, 2.24) is 0 Å². The summed E-state index contributed by atoms with van der Waals surface area (Å²) in [6.07, 6.45) is 2.73. The standard InChI is InChI=1S/2C4H12Si/c2*1-3-4(2)5/h2*4H,3H2,1-2,5H3. The molecule has 0 aliphatic rings. The maximum absolute atomic E-state index is 2.28. The summed E-state index contributed by atoms with van der Waals surface area (Å²) < 4.78 is 0. The molecule has 0 saturated heterocycles. The Hall–Kier alpha value is 0.434. The van der Waals surface area contributed by atoms with Crippen LogP contribution in [-0.2, 0) is 0 Å². The minimum atomic E-state index is 1.02. The predicted molar refractivity (Wildman–Crippen MR) is 59.3 cm³/mol. The molecular weight excluding hydrogens is 152 g/mol. The van der Waals surface area contributed by atoms with Gasteiger partial charge in [0, 0.05) is 20.5 Å². The molecule has 0 aromatic carbocycles. The molecule has 0 aliphatic heterocycles. The Morgan fingerprint density at radius 2 is 1.00 bits per heavy atom. The Morgan fingerprint density at radius 1 is 0.900 bits per heavy atom. The van der Waals surface area contributed by atoms with Crippen LogP contribution in [0.15, 0.2) is 0 Å². The van der Waals surface area contributed by atoms with Crippen molar-refractivity contribution in [2.75, 3.05) is 0 Å². The monoisotopic (exact) mass is 176 g/mol. The maximum Gasteiger partial charge on any atom is 0.00636 e. The van der Waals surface area contributed by atoms with Gasteiger partial charge in [-0.1, -0.05) is 51.6 Å². The summed E-state index contributed by atoms with van der Waals surface area (Å²) in [5, 5.41) is 0. The highest BCUT2D eigenvalue weighted by atomic mass is 28.1. The van der Waals surface area contributed by atoms with E-state index in [1.807, 2.05) is 0 Å². The van der Waals surface area contributed by atoms with E-state index in [2.05, 4.69) is 27.7 Å².